The Morgan fingerprint density at radius 3 is 3.00 bits per heavy atom. The number of piperazine rings is 1. The van der Waals surface area contributed by atoms with Crippen LogP contribution >= 0.6 is 0 Å². The standard InChI is InChI=1S/C14H24N4/c1-3-18-10-12(8-16-18)9-17-7-6-15-14(2,11-17)13-4-5-13/h8,10,13,15H,3-7,9,11H2,1-2H3. The summed E-state index contributed by atoms with van der Waals surface area (Å²) in [6, 6.07) is 0. The first-order chi connectivity index (χ1) is 8.69. The minimum Gasteiger partial charge on any atom is -0.309 e. The fraction of sp³-hybridized carbons (Fsp3) is 0.786. The van der Waals surface area contributed by atoms with Crippen molar-refractivity contribution in [2.75, 3.05) is 19.6 Å². The Balaban J connectivity index is 1.62. The van der Waals surface area contributed by atoms with Crippen LogP contribution in [0.5, 0.6) is 0 Å². The zero-order chi connectivity index (χ0) is 12.6. The van der Waals surface area contributed by atoms with Gasteiger partial charge in [-0.05, 0) is 32.6 Å². The Hall–Kier alpha value is -0.870. The molecule has 3 rings (SSSR count). The second-order valence-corrected chi connectivity index (χ2v) is 6.03. The van der Waals surface area contributed by atoms with Crippen molar-refractivity contribution < 1.29 is 0 Å². The van der Waals surface area contributed by atoms with E-state index in [9.17, 15) is 0 Å². The Bertz CT molecular complexity index is 410. The summed E-state index contributed by atoms with van der Waals surface area (Å²) in [5.41, 5.74) is 1.69. The monoisotopic (exact) mass is 248 g/mol. The smallest absolute Gasteiger partial charge is 0.0534 e. The van der Waals surface area contributed by atoms with Crippen molar-refractivity contribution in [3.63, 3.8) is 0 Å². The van der Waals surface area contributed by atoms with Crippen LogP contribution < -0.4 is 5.32 Å². The highest BCUT2D eigenvalue weighted by Gasteiger charge is 2.43. The molecule has 1 aliphatic heterocycles. The molecule has 0 radical (unpaired) electrons. The first kappa shape index (κ1) is 12.2. The average molecular weight is 248 g/mol. The largest absolute Gasteiger partial charge is 0.309 e. The summed E-state index contributed by atoms with van der Waals surface area (Å²) in [6.07, 6.45) is 7.01. The topological polar surface area (TPSA) is 33.1 Å². The van der Waals surface area contributed by atoms with E-state index in [2.05, 4.69) is 35.4 Å². The van der Waals surface area contributed by atoms with Crippen LogP contribution in [-0.2, 0) is 13.1 Å². The number of rotatable bonds is 4. The molecule has 1 saturated carbocycles. The van der Waals surface area contributed by atoms with Gasteiger partial charge in [0.15, 0.2) is 0 Å². The van der Waals surface area contributed by atoms with Crippen molar-refractivity contribution in [2.45, 2.75) is 45.3 Å². The number of hydrogen-bond donors (Lipinski definition) is 1. The molecule has 1 atom stereocenters. The van der Waals surface area contributed by atoms with E-state index in [1.807, 2.05) is 10.9 Å². The molecule has 0 spiro atoms. The van der Waals surface area contributed by atoms with E-state index in [0.717, 1.165) is 32.1 Å². The third-order valence-corrected chi connectivity index (χ3v) is 4.40. The van der Waals surface area contributed by atoms with E-state index < -0.39 is 0 Å². The zero-order valence-electron chi connectivity index (χ0n) is 11.5. The molecule has 4 nitrogen and oxygen atoms in total. The number of nitrogens with one attached hydrogen (secondary N) is 1. The fourth-order valence-corrected chi connectivity index (χ4v) is 3.15. The molecular weight excluding hydrogens is 224 g/mol. The van der Waals surface area contributed by atoms with Crippen LogP contribution in [0.25, 0.3) is 0 Å². The van der Waals surface area contributed by atoms with Crippen LogP contribution in [0.1, 0.15) is 32.3 Å². The third kappa shape index (κ3) is 2.45. The molecule has 0 amide bonds. The molecule has 2 aliphatic rings. The van der Waals surface area contributed by atoms with Crippen LogP contribution in [0.4, 0.5) is 0 Å². The lowest BCUT2D eigenvalue weighted by Crippen LogP contribution is -2.59. The van der Waals surface area contributed by atoms with Gasteiger partial charge in [0.2, 0.25) is 0 Å². The van der Waals surface area contributed by atoms with E-state index in [4.69, 9.17) is 0 Å². The summed E-state index contributed by atoms with van der Waals surface area (Å²) < 4.78 is 2.01. The maximum absolute atomic E-state index is 4.36. The molecule has 100 valence electrons. The van der Waals surface area contributed by atoms with Gasteiger partial charge in [-0.15, -0.1) is 0 Å². The second-order valence-electron chi connectivity index (χ2n) is 6.03. The van der Waals surface area contributed by atoms with Gasteiger partial charge in [-0.1, -0.05) is 0 Å². The summed E-state index contributed by atoms with van der Waals surface area (Å²) >= 11 is 0. The lowest BCUT2D eigenvalue weighted by Gasteiger charge is -2.42. The molecule has 0 aromatic carbocycles. The first-order valence-electron chi connectivity index (χ1n) is 7.18. The molecule has 1 unspecified atom stereocenters. The fourth-order valence-electron chi connectivity index (χ4n) is 3.15. The molecule has 2 fully saturated rings. The Labute approximate surface area is 109 Å². The Kier molecular flexibility index (Phi) is 3.16. The van der Waals surface area contributed by atoms with Gasteiger partial charge in [-0.25, -0.2) is 0 Å². The molecule has 1 aliphatic carbocycles. The summed E-state index contributed by atoms with van der Waals surface area (Å²) in [5, 5.41) is 8.09. The van der Waals surface area contributed by atoms with Gasteiger partial charge >= 0.3 is 0 Å². The molecular formula is C14H24N4. The normalized spacial score (nSPS) is 29.7. The van der Waals surface area contributed by atoms with Crippen LogP contribution in [0.15, 0.2) is 12.4 Å². The summed E-state index contributed by atoms with van der Waals surface area (Å²) in [5.74, 6) is 0.902. The SMILES string of the molecule is CCn1cc(CN2CCNC(C)(C3CC3)C2)cn1. The van der Waals surface area contributed by atoms with Gasteiger partial charge < -0.3 is 5.32 Å². The van der Waals surface area contributed by atoms with Crippen molar-refractivity contribution in [3.8, 4) is 0 Å². The van der Waals surface area contributed by atoms with Crippen LogP contribution in [0, 0.1) is 5.92 Å². The minimum absolute atomic E-state index is 0.346. The van der Waals surface area contributed by atoms with E-state index in [-0.39, 0.29) is 0 Å². The second kappa shape index (κ2) is 4.67. The highest BCUT2D eigenvalue weighted by atomic mass is 15.3. The van der Waals surface area contributed by atoms with Crippen LogP contribution in [0.3, 0.4) is 0 Å². The van der Waals surface area contributed by atoms with Crippen LogP contribution in [-0.4, -0.2) is 39.9 Å². The molecule has 1 aromatic rings. The average Bonchev–Trinajstić information content (AvgIpc) is 3.12. The van der Waals surface area contributed by atoms with Crippen molar-refractivity contribution in [1.82, 2.24) is 20.0 Å². The van der Waals surface area contributed by atoms with Crippen molar-refractivity contribution in [1.29, 1.82) is 0 Å². The summed E-state index contributed by atoms with van der Waals surface area (Å²) in [4.78, 5) is 2.58. The molecule has 1 saturated heterocycles. The van der Waals surface area contributed by atoms with Gasteiger partial charge in [0.25, 0.3) is 0 Å². The Morgan fingerprint density at radius 1 is 1.50 bits per heavy atom. The Morgan fingerprint density at radius 2 is 2.33 bits per heavy atom. The molecule has 1 aromatic heterocycles. The van der Waals surface area contributed by atoms with Gasteiger partial charge in [0.05, 0.1) is 6.20 Å². The van der Waals surface area contributed by atoms with Crippen molar-refractivity contribution in [2.24, 2.45) is 5.92 Å². The molecule has 18 heavy (non-hydrogen) atoms. The van der Waals surface area contributed by atoms with Crippen molar-refractivity contribution >= 4 is 0 Å². The molecule has 4 heteroatoms. The van der Waals surface area contributed by atoms with Gasteiger partial charge in [-0.2, -0.15) is 5.10 Å². The van der Waals surface area contributed by atoms with Gasteiger partial charge in [0.1, 0.15) is 0 Å². The predicted molar refractivity (Wildman–Crippen MR) is 72.3 cm³/mol. The number of hydrogen-bond acceptors (Lipinski definition) is 3. The third-order valence-electron chi connectivity index (χ3n) is 4.40. The first-order valence-corrected chi connectivity index (χ1v) is 7.18. The predicted octanol–water partition coefficient (Wildman–Crippen LogP) is 1.48. The highest BCUT2D eigenvalue weighted by molar-refractivity contribution is 5.07. The van der Waals surface area contributed by atoms with E-state index in [1.165, 1.54) is 24.9 Å². The maximum atomic E-state index is 4.36. The number of nitrogens with zero attached hydrogens (tertiary/aromatic N) is 3. The zero-order valence-corrected chi connectivity index (χ0v) is 11.5. The lowest BCUT2D eigenvalue weighted by molar-refractivity contribution is 0.121. The number of aryl methyl sites for hydroxylation is 1. The van der Waals surface area contributed by atoms with E-state index in [0.29, 0.717) is 5.54 Å². The summed E-state index contributed by atoms with van der Waals surface area (Å²) in [6.45, 7) is 9.98. The summed E-state index contributed by atoms with van der Waals surface area (Å²) in [7, 11) is 0. The van der Waals surface area contributed by atoms with Crippen LogP contribution in [0.2, 0.25) is 0 Å². The molecule has 1 N–H and O–H groups in total. The minimum atomic E-state index is 0.346. The van der Waals surface area contributed by atoms with Gasteiger partial charge in [0, 0.05) is 50.0 Å². The van der Waals surface area contributed by atoms with Gasteiger partial charge in [-0.3, -0.25) is 9.58 Å². The van der Waals surface area contributed by atoms with Crippen molar-refractivity contribution in [3.05, 3.63) is 18.0 Å². The number of aromatic nitrogens is 2. The maximum Gasteiger partial charge on any atom is 0.0534 e. The molecule has 0 bridgehead atoms. The quantitative estimate of drug-likeness (QED) is 0.876. The molecule has 2 heterocycles. The van der Waals surface area contributed by atoms with E-state index >= 15 is 0 Å². The highest BCUT2D eigenvalue weighted by Crippen LogP contribution is 2.40. The lowest BCUT2D eigenvalue weighted by atomic mass is 9.93. The van der Waals surface area contributed by atoms with E-state index in [1.54, 1.807) is 0 Å².